The maximum Gasteiger partial charge on any atom is 0.203 e. The summed E-state index contributed by atoms with van der Waals surface area (Å²) in [5.41, 5.74) is 7.16. The average Bonchev–Trinajstić information content (AvgIpc) is 2.54. The van der Waals surface area contributed by atoms with Crippen molar-refractivity contribution in [3.8, 4) is 17.2 Å². The largest absolute Gasteiger partial charge is 0.493 e. The summed E-state index contributed by atoms with van der Waals surface area (Å²) >= 11 is 0. The predicted octanol–water partition coefficient (Wildman–Crippen LogP) is 2.44. The number of ether oxygens (including phenoxy) is 3. The second-order valence-electron chi connectivity index (χ2n) is 5.92. The molecule has 0 bridgehead atoms. The highest BCUT2D eigenvalue weighted by atomic mass is 16.5. The summed E-state index contributed by atoms with van der Waals surface area (Å²) in [5, 5.41) is 0. The van der Waals surface area contributed by atoms with Crippen LogP contribution >= 0.6 is 0 Å². The van der Waals surface area contributed by atoms with Crippen LogP contribution in [0.5, 0.6) is 17.2 Å². The maximum absolute atomic E-state index is 6.10. The summed E-state index contributed by atoms with van der Waals surface area (Å²) in [4.78, 5) is 2.46. The molecule has 0 saturated carbocycles. The molecule has 2 unspecified atom stereocenters. The van der Waals surface area contributed by atoms with Crippen LogP contribution in [0.25, 0.3) is 0 Å². The lowest BCUT2D eigenvalue weighted by Crippen LogP contribution is -2.40. The predicted molar refractivity (Wildman–Crippen MR) is 87.9 cm³/mol. The third-order valence-corrected chi connectivity index (χ3v) is 4.45. The molecule has 1 aromatic rings. The third kappa shape index (κ3) is 3.31. The number of benzene rings is 1. The molecule has 5 nitrogen and oxygen atoms in total. The molecule has 1 saturated heterocycles. The van der Waals surface area contributed by atoms with Gasteiger partial charge in [0.05, 0.1) is 27.4 Å². The molecule has 1 aromatic carbocycles. The Kier molecular flexibility index (Phi) is 5.91. The number of likely N-dealkylation sites (tertiary alicyclic amines) is 1. The van der Waals surface area contributed by atoms with Crippen molar-refractivity contribution in [1.82, 2.24) is 4.90 Å². The Hall–Kier alpha value is -1.46. The third-order valence-electron chi connectivity index (χ3n) is 4.45. The smallest absolute Gasteiger partial charge is 0.203 e. The molecule has 0 radical (unpaired) electrons. The molecule has 22 heavy (non-hydrogen) atoms. The van der Waals surface area contributed by atoms with E-state index >= 15 is 0 Å². The fourth-order valence-corrected chi connectivity index (χ4v) is 3.37. The zero-order valence-electron chi connectivity index (χ0n) is 14.1. The second-order valence-corrected chi connectivity index (χ2v) is 5.92. The van der Waals surface area contributed by atoms with Gasteiger partial charge in [0.25, 0.3) is 0 Å². The first-order valence-electron chi connectivity index (χ1n) is 7.89. The topological polar surface area (TPSA) is 57.0 Å². The van der Waals surface area contributed by atoms with Crippen LogP contribution in [-0.4, -0.2) is 45.9 Å². The zero-order valence-corrected chi connectivity index (χ0v) is 14.1. The summed E-state index contributed by atoms with van der Waals surface area (Å²) in [6, 6.07) is 4.10. The minimum Gasteiger partial charge on any atom is -0.493 e. The number of piperidine rings is 1. The highest BCUT2D eigenvalue weighted by Gasteiger charge is 2.28. The highest BCUT2D eigenvalue weighted by Crippen LogP contribution is 2.43. The quantitative estimate of drug-likeness (QED) is 0.875. The minimum absolute atomic E-state index is 0.137. The molecule has 1 aliphatic heterocycles. The monoisotopic (exact) mass is 308 g/mol. The molecule has 1 heterocycles. The van der Waals surface area contributed by atoms with E-state index < -0.39 is 0 Å². The van der Waals surface area contributed by atoms with Gasteiger partial charge in [-0.15, -0.1) is 0 Å². The Morgan fingerprint density at radius 3 is 2.45 bits per heavy atom. The Bertz CT molecular complexity index is 493. The number of methoxy groups -OCH3 is 3. The summed E-state index contributed by atoms with van der Waals surface area (Å²) in [7, 11) is 4.92. The van der Waals surface area contributed by atoms with E-state index in [1.807, 2.05) is 12.1 Å². The molecule has 0 aliphatic carbocycles. The van der Waals surface area contributed by atoms with E-state index in [2.05, 4.69) is 11.8 Å². The van der Waals surface area contributed by atoms with Gasteiger partial charge in [-0.1, -0.05) is 6.92 Å². The van der Waals surface area contributed by atoms with E-state index in [0.717, 1.165) is 24.4 Å². The molecular weight excluding hydrogens is 280 g/mol. The van der Waals surface area contributed by atoms with Crippen molar-refractivity contribution in [2.75, 3.05) is 41.0 Å². The zero-order chi connectivity index (χ0) is 16.1. The van der Waals surface area contributed by atoms with E-state index in [1.54, 1.807) is 21.3 Å². The fraction of sp³-hybridized carbons (Fsp3) is 0.647. The van der Waals surface area contributed by atoms with Crippen LogP contribution in [0.1, 0.15) is 31.4 Å². The van der Waals surface area contributed by atoms with Crippen LogP contribution in [0.3, 0.4) is 0 Å². The van der Waals surface area contributed by atoms with E-state index in [1.165, 1.54) is 12.8 Å². The van der Waals surface area contributed by atoms with Crippen molar-refractivity contribution in [2.24, 2.45) is 11.7 Å². The van der Waals surface area contributed by atoms with E-state index in [4.69, 9.17) is 19.9 Å². The van der Waals surface area contributed by atoms with E-state index in [9.17, 15) is 0 Å². The van der Waals surface area contributed by atoms with Gasteiger partial charge in [0.1, 0.15) is 0 Å². The van der Waals surface area contributed by atoms with Crippen LogP contribution in [0.4, 0.5) is 0 Å². The Labute approximate surface area is 133 Å². The molecule has 0 aromatic heterocycles. The lowest BCUT2D eigenvalue weighted by molar-refractivity contribution is 0.131. The SMILES string of the molecule is COc1ccc(C(CN)N2CCCC(C)C2)c(OC)c1OC. The summed E-state index contributed by atoms with van der Waals surface area (Å²) in [5.74, 6) is 2.72. The fourth-order valence-electron chi connectivity index (χ4n) is 3.37. The van der Waals surface area contributed by atoms with Crippen LogP contribution < -0.4 is 19.9 Å². The van der Waals surface area contributed by atoms with Gasteiger partial charge in [0.15, 0.2) is 11.5 Å². The molecular formula is C17H28N2O3. The summed E-state index contributed by atoms with van der Waals surface area (Å²) < 4.78 is 16.5. The molecule has 2 rings (SSSR count). The van der Waals surface area contributed by atoms with Gasteiger partial charge in [-0.05, 0) is 37.4 Å². The normalized spacial score (nSPS) is 20.5. The summed E-state index contributed by atoms with van der Waals surface area (Å²) in [6.07, 6.45) is 2.50. The van der Waals surface area contributed by atoms with Gasteiger partial charge in [-0.2, -0.15) is 0 Å². The van der Waals surface area contributed by atoms with Crippen molar-refractivity contribution in [3.63, 3.8) is 0 Å². The van der Waals surface area contributed by atoms with Gasteiger partial charge in [0.2, 0.25) is 5.75 Å². The number of nitrogens with zero attached hydrogens (tertiary/aromatic N) is 1. The van der Waals surface area contributed by atoms with Gasteiger partial charge >= 0.3 is 0 Å². The van der Waals surface area contributed by atoms with Crippen molar-refractivity contribution in [1.29, 1.82) is 0 Å². The van der Waals surface area contributed by atoms with Gasteiger partial charge in [-0.3, -0.25) is 4.90 Å². The molecule has 0 amide bonds. The molecule has 5 heteroatoms. The first-order chi connectivity index (χ1) is 10.7. The Morgan fingerprint density at radius 1 is 1.18 bits per heavy atom. The van der Waals surface area contributed by atoms with E-state index in [-0.39, 0.29) is 6.04 Å². The minimum atomic E-state index is 0.137. The average molecular weight is 308 g/mol. The second kappa shape index (κ2) is 7.70. The maximum atomic E-state index is 6.10. The van der Waals surface area contributed by atoms with Crippen LogP contribution in [0.2, 0.25) is 0 Å². The van der Waals surface area contributed by atoms with Crippen molar-refractivity contribution in [2.45, 2.75) is 25.8 Å². The van der Waals surface area contributed by atoms with Crippen molar-refractivity contribution in [3.05, 3.63) is 17.7 Å². The lowest BCUT2D eigenvalue weighted by Gasteiger charge is -2.37. The highest BCUT2D eigenvalue weighted by molar-refractivity contribution is 5.56. The Balaban J connectivity index is 2.39. The molecule has 1 aliphatic rings. The van der Waals surface area contributed by atoms with Crippen LogP contribution in [0.15, 0.2) is 12.1 Å². The molecule has 2 atom stereocenters. The van der Waals surface area contributed by atoms with Crippen LogP contribution in [-0.2, 0) is 0 Å². The molecule has 124 valence electrons. The first-order valence-corrected chi connectivity index (χ1v) is 7.89. The number of hydrogen-bond acceptors (Lipinski definition) is 5. The standard InChI is InChI=1S/C17H28N2O3/c1-12-6-5-9-19(11-12)14(10-18)13-7-8-15(20-2)17(22-4)16(13)21-3/h7-8,12,14H,5-6,9-11,18H2,1-4H3. The lowest BCUT2D eigenvalue weighted by atomic mass is 9.95. The molecule has 0 spiro atoms. The van der Waals surface area contributed by atoms with Gasteiger partial charge < -0.3 is 19.9 Å². The number of hydrogen-bond donors (Lipinski definition) is 1. The molecule has 1 fully saturated rings. The number of rotatable bonds is 6. The first kappa shape index (κ1) is 16.9. The van der Waals surface area contributed by atoms with Gasteiger partial charge in [-0.25, -0.2) is 0 Å². The Morgan fingerprint density at radius 2 is 1.91 bits per heavy atom. The van der Waals surface area contributed by atoms with Crippen LogP contribution in [0, 0.1) is 5.92 Å². The number of nitrogens with two attached hydrogens (primary N) is 1. The van der Waals surface area contributed by atoms with Gasteiger partial charge in [0, 0.05) is 18.7 Å². The van der Waals surface area contributed by atoms with Crippen molar-refractivity contribution >= 4 is 0 Å². The van der Waals surface area contributed by atoms with Crippen molar-refractivity contribution < 1.29 is 14.2 Å². The van der Waals surface area contributed by atoms with E-state index in [0.29, 0.717) is 24.0 Å². The molecule has 2 N–H and O–H groups in total. The summed E-state index contributed by atoms with van der Waals surface area (Å²) in [6.45, 7) is 4.99.